The first-order valence-electron chi connectivity index (χ1n) is 14.7. The molecular weight excluding hydrogens is 604 g/mol. The Bertz CT molecular complexity index is 2220. The van der Waals surface area contributed by atoms with Crippen LogP contribution in [0.25, 0.3) is 21.5 Å². The van der Waals surface area contributed by atoms with Crippen molar-refractivity contribution in [2.75, 3.05) is 13.1 Å². The molecule has 1 fully saturated rings. The SMILES string of the molecule is CC1=C2CN(S(=O)(=O)c3ccccc3[N+](=O)[O-])C[C@H]2C=C(Oc2ccc3ccccc3c2)[C@@H]1C(=O)Oc1ccc2ccccc2c1. The molecule has 0 radical (unpaired) electrons. The zero-order valence-corrected chi connectivity index (χ0v) is 25.5. The van der Waals surface area contributed by atoms with Crippen molar-refractivity contribution in [2.45, 2.75) is 11.8 Å². The maximum absolute atomic E-state index is 14.0. The molecule has 0 aromatic heterocycles. The molecule has 0 spiro atoms. The molecule has 46 heavy (non-hydrogen) atoms. The molecule has 7 rings (SSSR count). The van der Waals surface area contributed by atoms with Crippen molar-refractivity contribution in [2.24, 2.45) is 11.8 Å². The van der Waals surface area contributed by atoms with Crippen LogP contribution in [0.4, 0.5) is 5.69 Å². The summed E-state index contributed by atoms with van der Waals surface area (Å²) in [5.41, 5.74) is 0.860. The number of sulfonamides is 1. The Morgan fingerprint density at radius 3 is 2.09 bits per heavy atom. The van der Waals surface area contributed by atoms with Gasteiger partial charge in [0.25, 0.3) is 5.69 Å². The van der Waals surface area contributed by atoms with Crippen molar-refractivity contribution in [3.8, 4) is 11.5 Å². The van der Waals surface area contributed by atoms with Gasteiger partial charge in [-0.3, -0.25) is 14.9 Å². The fourth-order valence-corrected chi connectivity index (χ4v) is 7.87. The summed E-state index contributed by atoms with van der Waals surface area (Å²) in [6.07, 6.45) is 1.78. The van der Waals surface area contributed by atoms with Gasteiger partial charge in [-0.25, -0.2) is 8.42 Å². The summed E-state index contributed by atoms with van der Waals surface area (Å²) in [7, 11) is -4.23. The molecule has 5 aromatic rings. The second-order valence-electron chi connectivity index (χ2n) is 11.4. The zero-order chi connectivity index (χ0) is 32.0. The van der Waals surface area contributed by atoms with Crippen molar-refractivity contribution in [1.29, 1.82) is 0 Å². The van der Waals surface area contributed by atoms with Crippen LogP contribution in [0.1, 0.15) is 6.92 Å². The van der Waals surface area contributed by atoms with E-state index in [1.54, 1.807) is 25.1 Å². The highest BCUT2D eigenvalue weighted by Crippen LogP contribution is 2.42. The van der Waals surface area contributed by atoms with E-state index in [4.69, 9.17) is 9.47 Å². The van der Waals surface area contributed by atoms with Crippen molar-refractivity contribution in [3.05, 3.63) is 142 Å². The highest BCUT2D eigenvalue weighted by atomic mass is 32.2. The summed E-state index contributed by atoms with van der Waals surface area (Å²) in [4.78, 5) is 24.5. The number of rotatable bonds is 7. The van der Waals surface area contributed by atoms with Gasteiger partial charge in [0.15, 0.2) is 4.90 Å². The quantitative estimate of drug-likeness (QED) is 0.0622. The Morgan fingerprint density at radius 1 is 0.826 bits per heavy atom. The first kappa shape index (κ1) is 29.4. The van der Waals surface area contributed by atoms with Gasteiger partial charge in [-0.15, -0.1) is 0 Å². The van der Waals surface area contributed by atoms with E-state index in [0.717, 1.165) is 27.1 Å². The molecule has 0 saturated carbocycles. The maximum Gasteiger partial charge on any atom is 0.326 e. The molecule has 1 saturated heterocycles. The number of esters is 1. The Kier molecular flexibility index (Phi) is 7.38. The Morgan fingerprint density at radius 2 is 1.41 bits per heavy atom. The Hall–Kier alpha value is -5.32. The first-order valence-corrected chi connectivity index (χ1v) is 16.1. The van der Waals surface area contributed by atoms with Gasteiger partial charge in [-0.05, 0) is 70.4 Å². The number of benzene rings is 5. The lowest BCUT2D eigenvalue weighted by molar-refractivity contribution is -0.387. The molecule has 9 nitrogen and oxygen atoms in total. The Labute approximate surface area is 265 Å². The van der Waals surface area contributed by atoms with Gasteiger partial charge in [0.05, 0.1) is 4.92 Å². The van der Waals surface area contributed by atoms with E-state index in [1.165, 1.54) is 28.6 Å². The summed E-state index contributed by atoms with van der Waals surface area (Å²) in [5, 5.41) is 15.6. The highest BCUT2D eigenvalue weighted by molar-refractivity contribution is 7.89. The number of nitro benzene ring substituents is 1. The third kappa shape index (κ3) is 5.31. The van der Waals surface area contributed by atoms with Crippen LogP contribution in [-0.2, 0) is 14.8 Å². The lowest BCUT2D eigenvalue weighted by Gasteiger charge is -2.28. The molecule has 0 bridgehead atoms. The average Bonchev–Trinajstić information content (AvgIpc) is 3.50. The molecule has 10 heteroatoms. The second kappa shape index (κ2) is 11.6. The molecule has 0 amide bonds. The molecule has 5 aromatic carbocycles. The van der Waals surface area contributed by atoms with Gasteiger partial charge < -0.3 is 9.47 Å². The number of hydrogen-bond acceptors (Lipinski definition) is 7. The van der Waals surface area contributed by atoms with Crippen molar-refractivity contribution in [3.63, 3.8) is 0 Å². The van der Waals surface area contributed by atoms with Crippen LogP contribution < -0.4 is 9.47 Å². The number of carbonyl (C=O) groups excluding carboxylic acids is 1. The normalized spacial score (nSPS) is 18.3. The van der Waals surface area contributed by atoms with Crippen LogP contribution in [0.15, 0.2) is 137 Å². The molecule has 2 aliphatic rings. The zero-order valence-electron chi connectivity index (χ0n) is 24.7. The predicted octanol–water partition coefficient (Wildman–Crippen LogP) is 7.04. The first-order chi connectivity index (χ1) is 22.2. The number of carbonyl (C=O) groups is 1. The monoisotopic (exact) mass is 632 g/mol. The number of fused-ring (bicyclic) bond motifs is 3. The minimum atomic E-state index is -4.23. The summed E-state index contributed by atoms with van der Waals surface area (Å²) in [6, 6.07) is 31.9. The lowest BCUT2D eigenvalue weighted by atomic mass is 9.82. The Balaban J connectivity index is 1.25. The maximum atomic E-state index is 14.0. The van der Waals surface area contributed by atoms with Crippen molar-refractivity contribution in [1.82, 2.24) is 4.31 Å². The van der Waals surface area contributed by atoms with E-state index in [1.807, 2.05) is 72.8 Å². The third-order valence-corrected chi connectivity index (χ3v) is 10.5. The third-order valence-electron chi connectivity index (χ3n) is 8.60. The van der Waals surface area contributed by atoms with Crippen LogP contribution in [0.2, 0.25) is 0 Å². The van der Waals surface area contributed by atoms with E-state index in [0.29, 0.717) is 22.8 Å². The van der Waals surface area contributed by atoms with Gasteiger partial charge >= 0.3 is 5.97 Å². The van der Waals surface area contributed by atoms with E-state index in [2.05, 4.69) is 0 Å². The van der Waals surface area contributed by atoms with Crippen LogP contribution in [0.5, 0.6) is 11.5 Å². The standard InChI is InChI=1S/C36H28N2O7S/c1-23-31-22-37(46(42,43)34-13-7-6-12-32(34)38(40)41)21-28(31)20-33(44-29-16-14-24-8-2-4-10-26(24)18-29)35(23)36(39)45-30-17-15-25-9-3-5-11-27(25)19-30/h2-20,28,35H,21-22H2,1H3/t28-,35-/m1/s1. The predicted molar refractivity (Wildman–Crippen MR) is 174 cm³/mol. The van der Waals surface area contributed by atoms with Gasteiger partial charge in [-0.2, -0.15) is 4.31 Å². The fraction of sp³-hybridized carbons (Fsp3) is 0.139. The van der Waals surface area contributed by atoms with Crippen molar-refractivity contribution >= 4 is 43.2 Å². The molecule has 1 aliphatic carbocycles. The summed E-state index contributed by atoms with van der Waals surface area (Å²) < 4.78 is 41.0. The highest BCUT2D eigenvalue weighted by Gasteiger charge is 2.44. The smallest absolute Gasteiger partial charge is 0.326 e. The number of ether oxygens (including phenoxy) is 2. The number of nitrogens with zero attached hydrogens (tertiary/aromatic N) is 2. The molecule has 2 atom stereocenters. The number of hydrogen-bond donors (Lipinski definition) is 0. The van der Waals surface area contributed by atoms with Crippen LogP contribution >= 0.6 is 0 Å². The van der Waals surface area contributed by atoms with Crippen LogP contribution in [0.3, 0.4) is 0 Å². The average molecular weight is 633 g/mol. The van der Waals surface area contributed by atoms with E-state index in [9.17, 15) is 23.3 Å². The summed E-state index contributed by atoms with van der Waals surface area (Å²) >= 11 is 0. The summed E-state index contributed by atoms with van der Waals surface area (Å²) in [6.45, 7) is 1.80. The summed E-state index contributed by atoms with van der Waals surface area (Å²) in [5.74, 6) is -0.688. The fourth-order valence-electron chi connectivity index (χ4n) is 6.27. The van der Waals surface area contributed by atoms with Crippen LogP contribution in [-0.4, -0.2) is 36.7 Å². The minimum absolute atomic E-state index is 0.0234. The lowest BCUT2D eigenvalue weighted by Crippen LogP contribution is -2.30. The number of para-hydroxylation sites is 1. The largest absolute Gasteiger partial charge is 0.461 e. The van der Waals surface area contributed by atoms with E-state index in [-0.39, 0.29) is 18.0 Å². The van der Waals surface area contributed by atoms with E-state index < -0.39 is 38.4 Å². The molecule has 0 unspecified atom stereocenters. The minimum Gasteiger partial charge on any atom is -0.461 e. The number of nitro groups is 1. The molecule has 1 aliphatic heterocycles. The molecule has 230 valence electrons. The van der Waals surface area contributed by atoms with Gasteiger partial charge in [0.2, 0.25) is 10.0 Å². The van der Waals surface area contributed by atoms with Crippen molar-refractivity contribution < 1.29 is 27.6 Å². The van der Waals surface area contributed by atoms with E-state index >= 15 is 0 Å². The molecular formula is C36H28N2O7S. The molecule has 1 heterocycles. The van der Waals surface area contributed by atoms with Crippen LogP contribution in [0, 0.1) is 22.0 Å². The topological polar surface area (TPSA) is 116 Å². The second-order valence-corrected chi connectivity index (χ2v) is 13.3. The van der Waals surface area contributed by atoms with Gasteiger partial charge in [0.1, 0.15) is 23.2 Å². The molecule has 0 N–H and O–H groups in total. The van der Waals surface area contributed by atoms with Gasteiger partial charge in [-0.1, -0.05) is 78.4 Å². The van der Waals surface area contributed by atoms with Gasteiger partial charge in [0, 0.05) is 25.1 Å².